The van der Waals surface area contributed by atoms with Crippen molar-refractivity contribution in [1.82, 2.24) is 9.88 Å². The van der Waals surface area contributed by atoms with E-state index < -0.39 is 6.17 Å². The lowest BCUT2D eigenvalue weighted by Gasteiger charge is -2.26. The Kier molecular flexibility index (Phi) is 6.64. The second-order valence-electron chi connectivity index (χ2n) is 12.0. The van der Waals surface area contributed by atoms with Gasteiger partial charge in [-0.15, -0.1) is 0 Å². The Morgan fingerprint density at radius 2 is 1.46 bits per heavy atom. The van der Waals surface area contributed by atoms with Crippen LogP contribution in [-0.2, 0) is 0 Å². The van der Waals surface area contributed by atoms with Gasteiger partial charge >= 0.3 is 0 Å². The van der Waals surface area contributed by atoms with E-state index in [0.717, 1.165) is 71.5 Å². The van der Waals surface area contributed by atoms with Gasteiger partial charge in [-0.2, -0.15) is 0 Å². The number of rotatable bonds is 6. The van der Waals surface area contributed by atoms with E-state index in [1.165, 1.54) is 0 Å². The molecule has 9 rings (SSSR count). The number of nitrogens with zero attached hydrogens (tertiary/aromatic N) is 3. The fourth-order valence-corrected chi connectivity index (χ4v) is 6.90. The van der Waals surface area contributed by atoms with E-state index in [1.54, 1.807) is 0 Å². The first-order valence-corrected chi connectivity index (χ1v) is 16.1. The van der Waals surface area contributed by atoms with Gasteiger partial charge in [0.05, 0.1) is 17.1 Å². The van der Waals surface area contributed by atoms with Crippen LogP contribution in [0.3, 0.4) is 0 Å². The van der Waals surface area contributed by atoms with Crippen molar-refractivity contribution in [1.29, 1.82) is 0 Å². The molecule has 3 heterocycles. The Hall–Kier alpha value is -6.40. The number of nitrogens with one attached hydrogen (secondary N) is 1. The maximum atomic E-state index is 6.81. The molecule has 0 bridgehead atoms. The van der Waals surface area contributed by atoms with Crippen LogP contribution in [0.1, 0.15) is 11.1 Å². The molecule has 230 valence electrons. The van der Waals surface area contributed by atoms with Gasteiger partial charge in [0.1, 0.15) is 17.2 Å². The summed E-state index contributed by atoms with van der Waals surface area (Å²) in [4.78, 5) is 10.1. The predicted molar refractivity (Wildman–Crippen MR) is 200 cm³/mol. The summed E-state index contributed by atoms with van der Waals surface area (Å²) < 4.78 is 8.84. The van der Waals surface area contributed by atoms with Gasteiger partial charge in [-0.3, -0.25) is 9.56 Å². The van der Waals surface area contributed by atoms with Crippen LogP contribution in [0, 0.1) is 0 Å². The van der Waals surface area contributed by atoms with Gasteiger partial charge in [0, 0.05) is 33.3 Å². The molecule has 1 aliphatic rings. The molecule has 0 spiro atoms. The molecule has 0 radical (unpaired) electrons. The lowest BCUT2D eigenvalue weighted by atomic mass is 10.0. The molecular formula is C42H31N5O. The topological polar surface area (TPSA) is 80.8 Å². The van der Waals surface area contributed by atoms with E-state index in [9.17, 15) is 0 Å². The number of hydrogen-bond donors (Lipinski definition) is 2. The summed E-state index contributed by atoms with van der Waals surface area (Å²) in [7, 11) is 0. The van der Waals surface area contributed by atoms with E-state index in [2.05, 4.69) is 94.8 Å². The van der Waals surface area contributed by atoms with Crippen molar-refractivity contribution in [3.8, 4) is 0 Å². The Morgan fingerprint density at radius 1 is 0.729 bits per heavy atom. The molecule has 0 saturated carbocycles. The molecule has 1 aliphatic heterocycles. The van der Waals surface area contributed by atoms with E-state index in [1.807, 2.05) is 72.9 Å². The zero-order valence-corrected chi connectivity index (χ0v) is 26.0. The summed E-state index contributed by atoms with van der Waals surface area (Å²) in [5.74, 6) is 1.34. The first-order chi connectivity index (χ1) is 23.7. The highest BCUT2D eigenvalue weighted by molar-refractivity contribution is 6.22. The number of allylic oxidation sites excluding steroid dienone is 2. The Labute approximate surface area is 276 Å². The van der Waals surface area contributed by atoms with Gasteiger partial charge in [-0.05, 0) is 40.6 Å². The summed E-state index contributed by atoms with van der Waals surface area (Å²) in [6.45, 7) is 0. The summed E-state index contributed by atoms with van der Waals surface area (Å²) in [5.41, 5.74) is 12.5. The summed E-state index contributed by atoms with van der Waals surface area (Å²) >= 11 is 0. The van der Waals surface area contributed by atoms with Crippen molar-refractivity contribution in [3.63, 3.8) is 0 Å². The molecule has 6 aromatic carbocycles. The number of fused-ring (bicyclic) bond motifs is 8. The monoisotopic (exact) mass is 621 g/mol. The minimum absolute atomic E-state index is 0.287. The van der Waals surface area contributed by atoms with E-state index >= 15 is 0 Å². The van der Waals surface area contributed by atoms with Crippen molar-refractivity contribution in [2.75, 3.05) is 0 Å². The van der Waals surface area contributed by atoms with Gasteiger partial charge in [-0.25, -0.2) is 4.99 Å². The molecule has 0 amide bonds. The minimum atomic E-state index is -0.552. The lowest BCUT2D eigenvalue weighted by Crippen LogP contribution is -2.39. The van der Waals surface area contributed by atoms with Crippen molar-refractivity contribution < 1.29 is 4.42 Å². The second-order valence-corrected chi connectivity index (χ2v) is 12.0. The van der Waals surface area contributed by atoms with Crippen LogP contribution in [0.5, 0.6) is 0 Å². The Bertz CT molecular complexity index is 2620. The lowest BCUT2D eigenvalue weighted by molar-refractivity contribution is 0.564. The number of hydrogen-bond acceptors (Lipinski definition) is 4. The van der Waals surface area contributed by atoms with Gasteiger partial charge < -0.3 is 15.5 Å². The van der Waals surface area contributed by atoms with Crippen LogP contribution in [0.25, 0.3) is 60.3 Å². The highest BCUT2D eigenvalue weighted by Crippen LogP contribution is 2.40. The maximum Gasteiger partial charge on any atom is 0.165 e. The van der Waals surface area contributed by atoms with Gasteiger partial charge in [-0.1, -0.05) is 127 Å². The normalized spacial score (nSPS) is 16.0. The molecule has 48 heavy (non-hydrogen) atoms. The van der Waals surface area contributed by atoms with Crippen molar-refractivity contribution >= 4 is 72.4 Å². The number of nitrogens with two attached hydrogens (primary N) is 1. The first-order valence-electron chi connectivity index (χ1n) is 16.1. The smallest absolute Gasteiger partial charge is 0.165 e. The van der Waals surface area contributed by atoms with E-state index in [0.29, 0.717) is 5.84 Å². The van der Waals surface area contributed by atoms with Crippen LogP contribution in [0.4, 0.5) is 0 Å². The van der Waals surface area contributed by atoms with Crippen molar-refractivity contribution in [2.45, 2.75) is 12.2 Å². The number of para-hydroxylation sites is 2. The zero-order valence-electron chi connectivity index (χ0n) is 26.0. The molecule has 0 aliphatic carbocycles. The molecule has 0 fully saturated rings. The molecule has 3 N–H and O–H groups in total. The third-order valence-corrected chi connectivity index (χ3v) is 9.14. The highest BCUT2D eigenvalue weighted by atomic mass is 16.3. The quantitative estimate of drug-likeness (QED) is 0.144. The van der Waals surface area contributed by atoms with Crippen LogP contribution in [0.15, 0.2) is 166 Å². The Balaban J connectivity index is 1.18. The largest absolute Gasteiger partial charge is 0.454 e. The number of dihydropyridines is 1. The number of amidine groups is 1. The Morgan fingerprint density at radius 3 is 2.35 bits per heavy atom. The fraction of sp³-hybridized carbons (Fsp3) is 0.0476. The zero-order chi connectivity index (χ0) is 32.0. The average Bonchev–Trinajstić information content (AvgIpc) is 3.69. The second kappa shape index (κ2) is 11.4. The third-order valence-electron chi connectivity index (χ3n) is 9.14. The SMILES string of the molecule is NC(=NC(N=Cc1ccccc1)C1C=CC=C(n2c3ccccc3c3ccc4c5ccccc5oc4c32)N1)c1cccc2ccccc12. The van der Waals surface area contributed by atoms with Gasteiger partial charge in [0.15, 0.2) is 11.7 Å². The van der Waals surface area contributed by atoms with Crippen molar-refractivity contribution in [2.24, 2.45) is 15.7 Å². The van der Waals surface area contributed by atoms with Gasteiger partial charge in [0.25, 0.3) is 0 Å². The molecule has 8 aromatic rings. The standard InChI is InChI=1S/C42H31N5O/c43-41(34-19-10-15-28-14-4-5-16-29(28)34)46-42(44-26-27-12-2-1-3-13-27)35-20-11-23-38(45-35)47-36-21-8-6-17-30(36)32-24-25-33-31-18-7-9-22-37(31)48-40(33)39(32)47/h1-26,35,42,45H,(H2,43,46). The highest BCUT2D eigenvalue weighted by Gasteiger charge is 2.25. The van der Waals surface area contributed by atoms with Crippen LogP contribution < -0.4 is 11.1 Å². The van der Waals surface area contributed by atoms with Crippen LogP contribution in [-0.4, -0.2) is 28.8 Å². The molecule has 0 saturated heterocycles. The summed E-state index contributed by atoms with van der Waals surface area (Å²) in [6.07, 6.45) is 7.59. The molecule has 2 atom stereocenters. The fourth-order valence-electron chi connectivity index (χ4n) is 6.90. The molecule has 6 heteroatoms. The van der Waals surface area contributed by atoms with Crippen LogP contribution in [0.2, 0.25) is 0 Å². The minimum Gasteiger partial charge on any atom is -0.454 e. The maximum absolute atomic E-state index is 6.81. The first kappa shape index (κ1) is 27.9. The summed E-state index contributed by atoms with van der Waals surface area (Å²) in [5, 5.41) is 10.4. The molecule has 2 aromatic heterocycles. The van der Waals surface area contributed by atoms with Crippen molar-refractivity contribution in [3.05, 3.63) is 163 Å². The van der Waals surface area contributed by atoms with E-state index in [4.69, 9.17) is 20.1 Å². The predicted octanol–water partition coefficient (Wildman–Crippen LogP) is 9.02. The average molecular weight is 622 g/mol. The number of benzene rings is 6. The van der Waals surface area contributed by atoms with E-state index in [-0.39, 0.29) is 6.04 Å². The molecule has 6 nitrogen and oxygen atoms in total. The summed E-state index contributed by atoms with van der Waals surface area (Å²) in [6, 6.07) is 45.2. The van der Waals surface area contributed by atoms with Crippen LogP contribution >= 0.6 is 0 Å². The third kappa shape index (κ3) is 4.65. The molecule has 2 unspecified atom stereocenters. The number of aliphatic imine (C=N–C) groups is 2. The number of aromatic nitrogens is 1. The molecular weight excluding hydrogens is 590 g/mol. The number of furan rings is 1. The van der Waals surface area contributed by atoms with Gasteiger partial charge in [0.2, 0.25) is 0 Å².